The van der Waals surface area contributed by atoms with Crippen LogP contribution < -0.4 is 10.9 Å². The Labute approximate surface area is 138 Å². The summed E-state index contributed by atoms with van der Waals surface area (Å²) >= 11 is 0. The van der Waals surface area contributed by atoms with Gasteiger partial charge in [0.05, 0.1) is 4.90 Å². The molecule has 2 bridgehead atoms. The first kappa shape index (κ1) is 15.3. The van der Waals surface area contributed by atoms with E-state index in [9.17, 15) is 18.0 Å². The lowest BCUT2D eigenvalue weighted by Gasteiger charge is -2.33. The smallest absolute Gasteiger partial charge is 0.251 e. The second-order valence-corrected chi connectivity index (χ2v) is 8.20. The van der Waals surface area contributed by atoms with Crippen LogP contribution in [0, 0.1) is 6.92 Å². The van der Waals surface area contributed by atoms with E-state index in [1.165, 1.54) is 10.4 Å². The molecule has 2 aliphatic rings. The van der Waals surface area contributed by atoms with E-state index in [0.29, 0.717) is 35.9 Å². The van der Waals surface area contributed by atoms with Crippen LogP contribution in [0.4, 0.5) is 0 Å². The Balaban J connectivity index is 1.82. The quantitative estimate of drug-likeness (QED) is 0.826. The number of benzene rings is 1. The largest absolute Gasteiger partial charge is 0.353 e. The summed E-state index contributed by atoms with van der Waals surface area (Å²) in [6.07, 6.45) is 1.23. The molecule has 2 N–H and O–H groups in total. The number of nitrogens with zero attached hydrogens (tertiary/aromatic N) is 1. The average molecular weight is 347 g/mol. The molecule has 1 aromatic heterocycles. The van der Waals surface area contributed by atoms with Crippen LogP contribution in [0.3, 0.4) is 0 Å². The lowest BCUT2D eigenvalue weighted by molar-refractivity contribution is -0.126. The fraction of sp³-hybridized carbons (Fsp3) is 0.375. The van der Waals surface area contributed by atoms with Crippen molar-refractivity contribution in [2.45, 2.75) is 36.7 Å². The molecule has 1 amide bonds. The van der Waals surface area contributed by atoms with E-state index >= 15 is 0 Å². The molecule has 0 saturated carbocycles. The van der Waals surface area contributed by atoms with Gasteiger partial charge in [0.2, 0.25) is 15.9 Å². The molecule has 4 rings (SSSR count). The number of aromatic nitrogens is 1. The number of aryl methyl sites for hydroxylation is 1. The zero-order chi connectivity index (χ0) is 17.1. The average Bonchev–Trinajstić information content (AvgIpc) is 2.90. The minimum absolute atomic E-state index is 0.146. The molecule has 2 atom stereocenters. The predicted molar refractivity (Wildman–Crippen MR) is 88.2 cm³/mol. The minimum Gasteiger partial charge on any atom is -0.353 e. The molecule has 2 aromatic rings. The summed E-state index contributed by atoms with van der Waals surface area (Å²) < 4.78 is 27.5. The van der Waals surface area contributed by atoms with Crippen LogP contribution in [0.2, 0.25) is 0 Å². The molecule has 0 aliphatic carbocycles. The number of hydrogen-bond acceptors (Lipinski definition) is 4. The third-order valence-electron chi connectivity index (χ3n) is 4.83. The van der Waals surface area contributed by atoms with E-state index in [1.54, 1.807) is 25.1 Å². The summed E-state index contributed by atoms with van der Waals surface area (Å²) in [6.45, 7) is 2.03. The number of hydrogen-bond donors (Lipinski definition) is 2. The molecule has 0 radical (unpaired) electrons. The van der Waals surface area contributed by atoms with Gasteiger partial charge in [0.15, 0.2) is 0 Å². The van der Waals surface area contributed by atoms with Gasteiger partial charge < -0.3 is 10.3 Å². The zero-order valence-electron chi connectivity index (χ0n) is 13.1. The number of rotatable bonds is 2. The monoisotopic (exact) mass is 347 g/mol. The third-order valence-corrected chi connectivity index (χ3v) is 6.79. The van der Waals surface area contributed by atoms with Gasteiger partial charge in [0.1, 0.15) is 6.04 Å². The van der Waals surface area contributed by atoms with Crippen molar-refractivity contribution >= 4 is 26.8 Å². The maximum atomic E-state index is 13.1. The molecule has 7 nitrogen and oxygen atoms in total. The second kappa shape index (κ2) is 5.15. The van der Waals surface area contributed by atoms with Gasteiger partial charge in [0.25, 0.3) is 5.56 Å². The SMILES string of the molecule is Cc1cc2cc(S(=O)(=O)N3C4CCC3C(=O)NC4)ccc2[nH]c1=O. The summed E-state index contributed by atoms with van der Waals surface area (Å²) in [5.41, 5.74) is 0.919. The number of fused-ring (bicyclic) bond motifs is 3. The van der Waals surface area contributed by atoms with Gasteiger partial charge in [0, 0.05) is 23.7 Å². The minimum atomic E-state index is -3.76. The summed E-state index contributed by atoms with van der Waals surface area (Å²) in [4.78, 5) is 26.5. The van der Waals surface area contributed by atoms with Crippen molar-refractivity contribution in [1.29, 1.82) is 0 Å². The van der Waals surface area contributed by atoms with Gasteiger partial charge in [-0.1, -0.05) is 0 Å². The summed E-state index contributed by atoms with van der Waals surface area (Å²) in [5.74, 6) is -0.228. The van der Waals surface area contributed by atoms with Crippen LogP contribution in [0.25, 0.3) is 10.9 Å². The summed E-state index contributed by atoms with van der Waals surface area (Å²) in [6, 6.07) is 5.49. The highest BCUT2D eigenvalue weighted by atomic mass is 32.2. The molecule has 8 heteroatoms. The van der Waals surface area contributed by atoms with Crippen LogP contribution in [0.5, 0.6) is 0 Å². The first-order valence-corrected chi connectivity index (χ1v) is 9.27. The van der Waals surface area contributed by atoms with E-state index in [0.717, 1.165) is 0 Å². The van der Waals surface area contributed by atoms with E-state index in [4.69, 9.17) is 0 Å². The van der Waals surface area contributed by atoms with Crippen molar-refractivity contribution in [3.63, 3.8) is 0 Å². The zero-order valence-corrected chi connectivity index (χ0v) is 13.9. The van der Waals surface area contributed by atoms with E-state index < -0.39 is 16.1 Å². The molecule has 24 heavy (non-hydrogen) atoms. The van der Waals surface area contributed by atoms with Crippen molar-refractivity contribution in [1.82, 2.24) is 14.6 Å². The molecule has 0 spiro atoms. The van der Waals surface area contributed by atoms with Crippen LogP contribution in [0.1, 0.15) is 18.4 Å². The Hall–Kier alpha value is -2.19. The van der Waals surface area contributed by atoms with Gasteiger partial charge in [-0.15, -0.1) is 0 Å². The number of sulfonamides is 1. The maximum Gasteiger partial charge on any atom is 0.251 e. The Morgan fingerprint density at radius 3 is 2.75 bits per heavy atom. The number of nitrogens with one attached hydrogen (secondary N) is 2. The molecule has 3 heterocycles. The number of amides is 1. The molecule has 2 saturated heterocycles. The Morgan fingerprint density at radius 2 is 1.96 bits per heavy atom. The molecule has 2 unspecified atom stereocenters. The van der Waals surface area contributed by atoms with Crippen LogP contribution >= 0.6 is 0 Å². The number of aromatic amines is 1. The van der Waals surface area contributed by atoms with Gasteiger partial charge >= 0.3 is 0 Å². The molecule has 126 valence electrons. The molecular weight excluding hydrogens is 330 g/mol. The van der Waals surface area contributed by atoms with Gasteiger partial charge in [-0.05, 0) is 49.4 Å². The van der Waals surface area contributed by atoms with Gasteiger partial charge in [-0.25, -0.2) is 8.42 Å². The summed E-state index contributed by atoms with van der Waals surface area (Å²) in [7, 11) is -3.76. The number of piperazine rings is 1. The molecule has 1 aromatic carbocycles. The third kappa shape index (κ3) is 2.17. The van der Waals surface area contributed by atoms with Crippen LogP contribution in [0.15, 0.2) is 34.0 Å². The van der Waals surface area contributed by atoms with Crippen molar-refractivity contribution in [3.05, 3.63) is 40.2 Å². The number of pyridine rings is 1. The Bertz CT molecular complexity index is 1010. The lowest BCUT2D eigenvalue weighted by atomic mass is 10.2. The van der Waals surface area contributed by atoms with Crippen molar-refractivity contribution in [2.24, 2.45) is 0 Å². The standard InChI is InChI=1S/C16H17N3O4S/c1-9-6-10-7-12(3-4-13(10)18-15(9)20)24(22,23)19-11-2-5-14(19)16(21)17-8-11/h3-4,6-7,11,14H,2,5,8H2,1H3,(H,17,21)(H,18,20). The normalized spacial score (nSPS) is 24.3. The van der Waals surface area contributed by atoms with E-state index in [-0.39, 0.29) is 22.4 Å². The lowest BCUT2D eigenvalue weighted by Crippen LogP contribution is -2.57. The molecular formula is C16H17N3O4S. The highest BCUT2D eigenvalue weighted by Crippen LogP contribution is 2.33. The van der Waals surface area contributed by atoms with Crippen LogP contribution in [-0.2, 0) is 14.8 Å². The van der Waals surface area contributed by atoms with E-state index in [2.05, 4.69) is 10.3 Å². The van der Waals surface area contributed by atoms with E-state index in [1.807, 2.05) is 0 Å². The van der Waals surface area contributed by atoms with Crippen molar-refractivity contribution in [3.8, 4) is 0 Å². The van der Waals surface area contributed by atoms with Gasteiger partial charge in [-0.3, -0.25) is 9.59 Å². The highest BCUT2D eigenvalue weighted by molar-refractivity contribution is 7.89. The predicted octanol–water partition coefficient (Wildman–Crippen LogP) is 0.488. The number of carbonyl (C=O) groups excluding carboxylic acids is 1. The topological polar surface area (TPSA) is 99.3 Å². The Morgan fingerprint density at radius 1 is 1.17 bits per heavy atom. The van der Waals surface area contributed by atoms with Gasteiger partial charge in [-0.2, -0.15) is 4.31 Å². The first-order valence-electron chi connectivity index (χ1n) is 7.83. The van der Waals surface area contributed by atoms with Crippen molar-refractivity contribution < 1.29 is 13.2 Å². The maximum absolute atomic E-state index is 13.1. The summed E-state index contributed by atoms with van der Waals surface area (Å²) in [5, 5.41) is 3.41. The van der Waals surface area contributed by atoms with Crippen LogP contribution in [-0.4, -0.2) is 42.2 Å². The molecule has 2 aliphatic heterocycles. The highest BCUT2D eigenvalue weighted by Gasteiger charge is 2.48. The second-order valence-electron chi connectivity index (χ2n) is 6.36. The fourth-order valence-electron chi connectivity index (χ4n) is 3.57. The Kier molecular flexibility index (Phi) is 3.29. The molecule has 2 fully saturated rings. The fourth-order valence-corrected chi connectivity index (χ4v) is 5.44. The number of carbonyl (C=O) groups is 1. The number of H-pyrrole nitrogens is 1. The van der Waals surface area contributed by atoms with Crippen molar-refractivity contribution in [2.75, 3.05) is 6.54 Å². The first-order chi connectivity index (χ1) is 11.4.